The van der Waals surface area contributed by atoms with E-state index in [1.54, 1.807) is 0 Å². The summed E-state index contributed by atoms with van der Waals surface area (Å²) in [5, 5.41) is 24.4. The highest BCUT2D eigenvalue weighted by Crippen LogP contribution is 2.29. The number of ether oxygens (including phenoxy) is 1. The van der Waals surface area contributed by atoms with Gasteiger partial charge >= 0.3 is 11.9 Å². The van der Waals surface area contributed by atoms with E-state index in [0.29, 0.717) is 0 Å². The van der Waals surface area contributed by atoms with E-state index >= 15 is 0 Å². The Hall–Kier alpha value is -3.99. The highest BCUT2D eigenvalue weighted by molar-refractivity contribution is 6.27. The fourth-order valence-corrected chi connectivity index (χ4v) is 4.03. The number of morpholine rings is 1. The van der Waals surface area contributed by atoms with Crippen LogP contribution in [0, 0.1) is 0 Å². The first-order chi connectivity index (χ1) is 18.0. The van der Waals surface area contributed by atoms with Gasteiger partial charge in [-0.1, -0.05) is 36.4 Å². The predicted octanol–water partition coefficient (Wildman–Crippen LogP) is 3.25. The molecule has 2 aromatic heterocycles. The molecular weight excluding hydrogens is 476 g/mol. The van der Waals surface area contributed by atoms with Gasteiger partial charge in [0.2, 0.25) is 0 Å². The standard InChI is InChI=1S/C25H28N4O2.C2H2O4/c1-2-8-22(9-3-1)29-19-21(18-26-11-6-12-28-13-15-30-16-14-28)25(27-29)24-17-20-7-4-5-10-23(20)31-24;3-1(4)2(5)6/h1-5,7-10,17,19,26H,6,11-16,18H2;(H,3,4)(H,5,6). The molecule has 0 unspecified atom stereocenters. The number of carboxylic acid groups (broad SMARTS) is 2. The topological polar surface area (TPSA) is 130 Å². The smallest absolute Gasteiger partial charge is 0.414 e. The van der Waals surface area contributed by atoms with E-state index in [9.17, 15) is 0 Å². The quantitative estimate of drug-likeness (QED) is 0.243. The van der Waals surface area contributed by atoms with E-state index < -0.39 is 11.9 Å². The van der Waals surface area contributed by atoms with Gasteiger partial charge in [-0.15, -0.1) is 0 Å². The van der Waals surface area contributed by atoms with Crippen LogP contribution in [0.1, 0.15) is 12.0 Å². The summed E-state index contributed by atoms with van der Waals surface area (Å²) in [7, 11) is 0. The van der Waals surface area contributed by atoms with Crippen LogP contribution in [0.4, 0.5) is 0 Å². The molecule has 1 aliphatic heterocycles. The number of fused-ring (bicyclic) bond motifs is 1. The number of para-hydroxylation sites is 2. The molecular formula is C27H30N4O6. The van der Waals surface area contributed by atoms with Gasteiger partial charge in [0.1, 0.15) is 11.3 Å². The molecule has 1 fully saturated rings. The first-order valence-corrected chi connectivity index (χ1v) is 12.1. The van der Waals surface area contributed by atoms with Gasteiger partial charge in [-0.2, -0.15) is 5.10 Å². The Labute approximate surface area is 214 Å². The van der Waals surface area contributed by atoms with Crippen molar-refractivity contribution in [3.05, 3.63) is 72.4 Å². The third-order valence-corrected chi connectivity index (χ3v) is 5.90. The van der Waals surface area contributed by atoms with Crippen molar-refractivity contribution in [3.8, 4) is 17.1 Å². The maximum Gasteiger partial charge on any atom is 0.414 e. The number of carbonyl (C=O) groups is 2. The van der Waals surface area contributed by atoms with Crippen molar-refractivity contribution in [1.82, 2.24) is 20.0 Å². The van der Waals surface area contributed by atoms with Crippen molar-refractivity contribution < 1.29 is 29.0 Å². The van der Waals surface area contributed by atoms with E-state index in [0.717, 1.165) is 86.0 Å². The molecule has 0 spiro atoms. The van der Waals surface area contributed by atoms with Gasteiger partial charge in [0.05, 0.1) is 18.9 Å². The van der Waals surface area contributed by atoms with Gasteiger partial charge in [-0.05, 0) is 43.8 Å². The largest absolute Gasteiger partial charge is 0.473 e. The molecule has 0 bridgehead atoms. The molecule has 0 saturated carbocycles. The summed E-state index contributed by atoms with van der Waals surface area (Å²) in [5.41, 5.74) is 3.95. The summed E-state index contributed by atoms with van der Waals surface area (Å²) in [4.78, 5) is 20.7. The normalized spacial score (nSPS) is 13.7. The number of aromatic nitrogens is 2. The molecule has 2 aromatic carbocycles. The molecule has 3 heterocycles. The van der Waals surface area contributed by atoms with Crippen molar-refractivity contribution in [3.63, 3.8) is 0 Å². The molecule has 37 heavy (non-hydrogen) atoms. The van der Waals surface area contributed by atoms with Gasteiger partial charge in [-0.3, -0.25) is 4.90 Å². The number of hydrogen-bond acceptors (Lipinski definition) is 7. The Balaban J connectivity index is 0.000000480. The molecule has 0 amide bonds. The molecule has 10 nitrogen and oxygen atoms in total. The Bertz CT molecular complexity index is 1270. The first kappa shape index (κ1) is 26.1. The second kappa shape index (κ2) is 12.8. The number of rotatable bonds is 8. The number of hydrogen-bond donors (Lipinski definition) is 3. The lowest BCUT2D eigenvalue weighted by molar-refractivity contribution is -0.159. The van der Waals surface area contributed by atoms with Crippen LogP contribution in [0.5, 0.6) is 0 Å². The van der Waals surface area contributed by atoms with Crippen LogP contribution in [0.2, 0.25) is 0 Å². The van der Waals surface area contributed by atoms with Crippen molar-refractivity contribution in [2.24, 2.45) is 0 Å². The summed E-state index contributed by atoms with van der Waals surface area (Å²) < 4.78 is 13.5. The second-order valence-electron chi connectivity index (χ2n) is 8.53. The molecule has 0 atom stereocenters. The van der Waals surface area contributed by atoms with Crippen LogP contribution in [0.25, 0.3) is 28.1 Å². The Morgan fingerprint density at radius 1 is 0.973 bits per heavy atom. The minimum Gasteiger partial charge on any atom is -0.473 e. The van der Waals surface area contributed by atoms with Crippen LogP contribution in [-0.2, 0) is 20.9 Å². The summed E-state index contributed by atoms with van der Waals surface area (Å²) in [5.74, 6) is -2.84. The first-order valence-electron chi connectivity index (χ1n) is 12.1. The molecule has 1 saturated heterocycles. The number of aliphatic carboxylic acids is 2. The molecule has 4 aromatic rings. The molecule has 5 rings (SSSR count). The van der Waals surface area contributed by atoms with E-state index in [-0.39, 0.29) is 0 Å². The lowest BCUT2D eigenvalue weighted by Gasteiger charge is -2.26. The van der Waals surface area contributed by atoms with Gasteiger partial charge < -0.3 is 24.7 Å². The van der Waals surface area contributed by atoms with Crippen LogP contribution in [-0.4, -0.2) is 76.2 Å². The summed E-state index contributed by atoms with van der Waals surface area (Å²) in [6.45, 7) is 6.62. The zero-order valence-corrected chi connectivity index (χ0v) is 20.4. The Morgan fingerprint density at radius 2 is 1.68 bits per heavy atom. The van der Waals surface area contributed by atoms with E-state index in [4.69, 9.17) is 34.1 Å². The molecule has 0 radical (unpaired) electrons. The maximum absolute atomic E-state index is 9.10. The number of nitrogens with zero attached hydrogens (tertiary/aromatic N) is 3. The van der Waals surface area contributed by atoms with E-state index in [2.05, 4.69) is 40.7 Å². The number of carboxylic acids is 2. The summed E-state index contributed by atoms with van der Waals surface area (Å²) in [6.07, 6.45) is 3.22. The van der Waals surface area contributed by atoms with Crippen molar-refractivity contribution >= 4 is 22.9 Å². The third-order valence-electron chi connectivity index (χ3n) is 5.90. The number of benzene rings is 2. The van der Waals surface area contributed by atoms with Crippen LogP contribution in [0.3, 0.4) is 0 Å². The highest BCUT2D eigenvalue weighted by atomic mass is 16.5. The Kier molecular flexibility index (Phi) is 9.03. The lowest BCUT2D eigenvalue weighted by Crippen LogP contribution is -2.37. The molecule has 3 N–H and O–H groups in total. The molecule has 10 heteroatoms. The Morgan fingerprint density at radius 3 is 2.38 bits per heavy atom. The minimum absolute atomic E-state index is 0.752. The lowest BCUT2D eigenvalue weighted by atomic mass is 10.2. The zero-order chi connectivity index (χ0) is 26.0. The highest BCUT2D eigenvalue weighted by Gasteiger charge is 2.16. The van der Waals surface area contributed by atoms with Gasteiger partial charge in [0.15, 0.2) is 5.76 Å². The molecule has 1 aliphatic rings. The average Bonchev–Trinajstić information content (AvgIpc) is 3.54. The van der Waals surface area contributed by atoms with Gasteiger partial charge in [0.25, 0.3) is 0 Å². The van der Waals surface area contributed by atoms with E-state index in [1.807, 2.05) is 41.1 Å². The van der Waals surface area contributed by atoms with Gasteiger partial charge in [0, 0.05) is 36.8 Å². The van der Waals surface area contributed by atoms with E-state index in [1.165, 1.54) is 0 Å². The average molecular weight is 507 g/mol. The predicted molar refractivity (Wildman–Crippen MR) is 138 cm³/mol. The SMILES string of the molecule is O=C(O)C(=O)O.c1ccc(-n2cc(CNCCCN3CCOCC3)c(-c3cc4ccccc4o3)n2)cc1. The van der Waals surface area contributed by atoms with Crippen LogP contribution < -0.4 is 5.32 Å². The fraction of sp³-hybridized carbons (Fsp3) is 0.296. The van der Waals surface area contributed by atoms with Crippen molar-refractivity contribution in [1.29, 1.82) is 0 Å². The fourth-order valence-electron chi connectivity index (χ4n) is 4.03. The molecule has 0 aliphatic carbocycles. The van der Waals surface area contributed by atoms with Crippen molar-refractivity contribution in [2.75, 3.05) is 39.4 Å². The summed E-state index contributed by atoms with van der Waals surface area (Å²) in [6, 6.07) is 20.4. The maximum atomic E-state index is 9.10. The molecule has 194 valence electrons. The minimum atomic E-state index is -1.82. The van der Waals surface area contributed by atoms with Crippen molar-refractivity contribution in [2.45, 2.75) is 13.0 Å². The third kappa shape index (κ3) is 7.26. The van der Waals surface area contributed by atoms with Crippen LogP contribution >= 0.6 is 0 Å². The number of nitrogens with one attached hydrogen (secondary N) is 1. The monoisotopic (exact) mass is 506 g/mol. The van der Waals surface area contributed by atoms with Gasteiger partial charge in [-0.25, -0.2) is 14.3 Å². The summed E-state index contributed by atoms with van der Waals surface area (Å²) >= 11 is 0. The number of furan rings is 1. The zero-order valence-electron chi connectivity index (χ0n) is 20.4. The van der Waals surface area contributed by atoms with Crippen LogP contribution in [0.15, 0.2) is 71.3 Å². The second-order valence-corrected chi connectivity index (χ2v) is 8.53.